The molecule has 32 heavy (non-hydrogen) atoms. The number of fused-ring (bicyclic) bond motifs is 1. The van der Waals surface area contributed by atoms with E-state index in [-0.39, 0.29) is 41.3 Å². The highest BCUT2D eigenvalue weighted by Crippen LogP contribution is 2.26. The third kappa shape index (κ3) is 3.90. The van der Waals surface area contributed by atoms with E-state index in [2.05, 4.69) is 5.32 Å². The molecule has 7 nitrogen and oxygen atoms in total. The maximum atomic E-state index is 13.0. The van der Waals surface area contributed by atoms with Crippen LogP contribution in [0.2, 0.25) is 0 Å². The molecule has 2 aliphatic heterocycles. The lowest BCUT2D eigenvalue weighted by molar-refractivity contribution is 0.0607. The topological polar surface area (TPSA) is 86.8 Å². The van der Waals surface area contributed by atoms with Crippen molar-refractivity contribution in [2.45, 2.75) is 45.7 Å². The van der Waals surface area contributed by atoms with Crippen molar-refractivity contribution in [2.75, 3.05) is 13.1 Å². The second-order valence-corrected chi connectivity index (χ2v) is 8.69. The third-order valence-corrected chi connectivity index (χ3v) is 6.19. The number of nitrogens with one attached hydrogen (secondary N) is 1. The van der Waals surface area contributed by atoms with Crippen LogP contribution < -0.4 is 5.32 Å². The van der Waals surface area contributed by atoms with Crippen molar-refractivity contribution >= 4 is 23.6 Å². The third-order valence-electron chi connectivity index (χ3n) is 6.19. The molecule has 1 saturated heterocycles. The van der Waals surface area contributed by atoms with Crippen LogP contribution >= 0.6 is 0 Å². The van der Waals surface area contributed by atoms with E-state index in [1.54, 1.807) is 30.9 Å². The van der Waals surface area contributed by atoms with Gasteiger partial charge in [-0.3, -0.25) is 24.1 Å². The van der Waals surface area contributed by atoms with Gasteiger partial charge in [-0.25, -0.2) is 0 Å². The lowest BCUT2D eigenvalue weighted by Crippen LogP contribution is -2.46. The van der Waals surface area contributed by atoms with Crippen LogP contribution in [0, 0.1) is 6.92 Å². The van der Waals surface area contributed by atoms with Gasteiger partial charge in [0.05, 0.1) is 11.1 Å². The number of imide groups is 1. The highest BCUT2D eigenvalue weighted by Gasteiger charge is 2.38. The zero-order valence-corrected chi connectivity index (χ0v) is 18.6. The lowest BCUT2D eigenvalue weighted by Gasteiger charge is -2.32. The molecule has 4 rings (SSSR count). The van der Waals surface area contributed by atoms with E-state index in [0.29, 0.717) is 42.6 Å². The summed E-state index contributed by atoms with van der Waals surface area (Å²) >= 11 is 0. The highest BCUT2D eigenvalue weighted by molar-refractivity contribution is 6.22. The molecule has 1 fully saturated rings. The summed E-state index contributed by atoms with van der Waals surface area (Å²) in [6.45, 7) is 6.51. The molecule has 7 heteroatoms. The largest absolute Gasteiger partial charge is 0.349 e. The smallest absolute Gasteiger partial charge is 0.261 e. The van der Waals surface area contributed by atoms with Crippen LogP contribution in [0.3, 0.4) is 0 Å². The van der Waals surface area contributed by atoms with Crippen LogP contribution in [0.25, 0.3) is 0 Å². The van der Waals surface area contributed by atoms with Crippen LogP contribution in [0.5, 0.6) is 0 Å². The van der Waals surface area contributed by atoms with Gasteiger partial charge in [0.2, 0.25) is 0 Å². The molecule has 0 aromatic heterocycles. The minimum atomic E-state index is -0.354. The van der Waals surface area contributed by atoms with Crippen molar-refractivity contribution in [3.8, 4) is 0 Å². The van der Waals surface area contributed by atoms with E-state index >= 15 is 0 Å². The van der Waals surface area contributed by atoms with Crippen molar-refractivity contribution in [3.63, 3.8) is 0 Å². The quantitative estimate of drug-likeness (QED) is 0.751. The molecule has 2 aliphatic rings. The Morgan fingerprint density at radius 2 is 1.62 bits per heavy atom. The average Bonchev–Trinajstić information content (AvgIpc) is 3.03. The average molecular weight is 434 g/mol. The van der Waals surface area contributed by atoms with Gasteiger partial charge in [-0.05, 0) is 63.4 Å². The summed E-state index contributed by atoms with van der Waals surface area (Å²) in [5, 5.41) is 3.07. The van der Waals surface area contributed by atoms with Gasteiger partial charge >= 0.3 is 0 Å². The van der Waals surface area contributed by atoms with Gasteiger partial charge in [-0.2, -0.15) is 0 Å². The van der Waals surface area contributed by atoms with Gasteiger partial charge in [-0.1, -0.05) is 18.2 Å². The molecular formula is C25H27N3O4. The summed E-state index contributed by atoms with van der Waals surface area (Å²) in [4.78, 5) is 53.6. The molecule has 4 amide bonds. The molecule has 0 bridgehead atoms. The fourth-order valence-corrected chi connectivity index (χ4v) is 4.36. The van der Waals surface area contributed by atoms with Gasteiger partial charge in [0.1, 0.15) is 0 Å². The Morgan fingerprint density at radius 3 is 2.28 bits per heavy atom. The Balaban J connectivity index is 1.39. The Morgan fingerprint density at radius 1 is 0.969 bits per heavy atom. The molecule has 1 N–H and O–H groups in total. The number of hydrogen-bond acceptors (Lipinski definition) is 4. The number of amides is 4. The number of nitrogens with zero attached hydrogens (tertiary/aromatic N) is 2. The predicted octanol–water partition coefficient (Wildman–Crippen LogP) is 3.03. The van der Waals surface area contributed by atoms with Crippen molar-refractivity contribution in [1.82, 2.24) is 15.1 Å². The molecule has 0 saturated carbocycles. The molecule has 0 radical (unpaired) electrons. The zero-order chi connectivity index (χ0) is 23.0. The second-order valence-electron chi connectivity index (χ2n) is 8.69. The maximum Gasteiger partial charge on any atom is 0.261 e. The van der Waals surface area contributed by atoms with Crippen LogP contribution in [0.1, 0.15) is 73.7 Å². The normalized spacial score (nSPS) is 16.5. The number of hydrogen-bond donors (Lipinski definition) is 1. The summed E-state index contributed by atoms with van der Waals surface area (Å²) in [6, 6.07) is 11.9. The van der Waals surface area contributed by atoms with Gasteiger partial charge in [0, 0.05) is 36.3 Å². The Hall–Kier alpha value is -3.48. The molecule has 0 atom stereocenters. The molecule has 0 unspecified atom stereocenters. The molecule has 166 valence electrons. The summed E-state index contributed by atoms with van der Waals surface area (Å²) in [7, 11) is 0. The van der Waals surface area contributed by atoms with Gasteiger partial charge in [0.15, 0.2) is 0 Å². The second kappa shape index (κ2) is 8.57. The van der Waals surface area contributed by atoms with Crippen LogP contribution in [-0.4, -0.2) is 58.6 Å². The highest BCUT2D eigenvalue weighted by atomic mass is 16.2. The number of aryl methyl sites for hydroxylation is 1. The van der Waals surface area contributed by atoms with Crippen molar-refractivity contribution in [3.05, 3.63) is 70.3 Å². The number of carbonyl (C=O) groups is 4. The first-order chi connectivity index (χ1) is 15.3. The molecular weight excluding hydrogens is 406 g/mol. The summed E-state index contributed by atoms with van der Waals surface area (Å²) in [5.74, 6) is -0.930. The van der Waals surface area contributed by atoms with E-state index in [0.717, 1.165) is 5.56 Å². The Labute approximate surface area is 187 Å². The first-order valence-electron chi connectivity index (χ1n) is 11.0. The SMILES string of the molecule is Cc1ccccc1C(=O)NC1CCN(C(=O)c2ccc3c(c2)C(=O)N(C(C)C)C3=O)CC1. The number of carbonyl (C=O) groups excluding carboxylic acids is 4. The zero-order valence-electron chi connectivity index (χ0n) is 18.6. The van der Waals surface area contributed by atoms with Gasteiger partial charge in [0.25, 0.3) is 23.6 Å². The van der Waals surface area contributed by atoms with Crippen molar-refractivity contribution in [1.29, 1.82) is 0 Å². The Kier molecular flexibility index (Phi) is 5.82. The van der Waals surface area contributed by atoms with E-state index in [4.69, 9.17) is 0 Å². The molecule has 2 heterocycles. The molecule has 0 spiro atoms. The van der Waals surface area contributed by atoms with Crippen molar-refractivity contribution < 1.29 is 19.2 Å². The standard InChI is InChI=1S/C25H27N3O4/c1-15(2)28-24(31)20-9-8-17(14-21(20)25(28)32)23(30)27-12-10-18(11-13-27)26-22(29)19-7-5-4-6-16(19)3/h4-9,14-15,18H,10-13H2,1-3H3,(H,26,29). The van der Waals surface area contributed by atoms with Gasteiger partial charge < -0.3 is 10.2 Å². The van der Waals surface area contributed by atoms with E-state index in [1.807, 2.05) is 31.2 Å². The monoisotopic (exact) mass is 433 g/mol. The first-order valence-corrected chi connectivity index (χ1v) is 11.0. The van der Waals surface area contributed by atoms with Gasteiger partial charge in [-0.15, -0.1) is 0 Å². The maximum absolute atomic E-state index is 13.0. The minimum absolute atomic E-state index is 0.00461. The summed E-state index contributed by atoms with van der Waals surface area (Å²) in [5.41, 5.74) is 2.63. The predicted molar refractivity (Wildman–Crippen MR) is 120 cm³/mol. The number of likely N-dealkylation sites (tertiary alicyclic amines) is 1. The first kappa shape index (κ1) is 21.7. The Bertz CT molecular complexity index is 1100. The van der Waals surface area contributed by atoms with E-state index in [1.165, 1.54) is 11.0 Å². The fraction of sp³-hybridized carbons (Fsp3) is 0.360. The van der Waals surface area contributed by atoms with E-state index < -0.39 is 0 Å². The van der Waals surface area contributed by atoms with Crippen LogP contribution in [0.15, 0.2) is 42.5 Å². The minimum Gasteiger partial charge on any atom is -0.349 e. The summed E-state index contributed by atoms with van der Waals surface area (Å²) in [6.07, 6.45) is 1.32. The molecule has 2 aromatic carbocycles. The van der Waals surface area contributed by atoms with Crippen molar-refractivity contribution in [2.24, 2.45) is 0 Å². The van der Waals surface area contributed by atoms with E-state index in [9.17, 15) is 19.2 Å². The van der Waals surface area contributed by atoms with Crippen LogP contribution in [-0.2, 0) is 0 Å². The lowest BCUT2D eigenvalue weighted by atomic mass is 10.0. The van der Waals surface area contributed by atoms with Crippen LogP contribution in [0.4, 0.5) is 0 Å². The fourth-order valence-electron chi connectivity index (χ4n) is 4.36. The molecule has 0 aliphatic carbocycles. The molecule has 2 aromatic rings. The number of piperidine rings is 1. The number of benzene rings is 2. The number of rotatable bonds is 4. The summed E-state index contributed by atoms with van der Waals surface area (Å²) < 4.78 is 0.